The van der Waals surface area contributed by atoms with Crippen molar-refractivity contribution in [3.8, 4) is 5.75 Å². The van der Waals surface area contributed by atoms with Crippen molar-refractivity contribution in [1.82, 2.24) is 10.2 Å². The zero-order valence-corrected chi connectivity index (χ0v) is 6.13. The van der Waals surface area contributed by atoms with E-state index >= 15 is 0 Å². The Hall–Kier alpha value is -1.51. The Kier molecular flexibility index (Phi) is 1.12. The smallest absolute Gasteiger partial charge is 0.116 e. The number of phenols is 1. The van der Waals surface area contributed by atoms with Crippen LogP contribution in [-0.2, 0) is 0 Å². The van der Waals surface area contributed by atoms with Gasteiger partial charge in [-0.25, -0.2) is 0 Å². The van der Waals surface area contributed by atoms with E-state index in [-0.39, 0.29) is 5.75 Å². The van der Waals surface area contributed by atoms with Gasteiger partial charge in [-0.2, -0.15) is 5.10 Å². The van der Waals surface area contributed by atoms with Crippen LogP contribution in [0.2, 0.25) is 0 Å². The number of rotatable bonds is 0. The number of H-pyrrole nitrogens is 1. The molecule has 56 valence electrons. The Bertz CT molecular complexity index is 392. The van der Waals surface area contributed by atoms with Crippen LogP contribution < -0.4 is 0 Å². The summed E-state index contributed by atoms with van der Waals surface area (Å²) in [4.78, 5) is 0. The summed E-state index contributed by atoms with van der Waals surface area (Å²) in [7, 11) is 0. The third kappa shape index (κ3) is 0.852. The Morgan fingerprint density at radius 1 is 1.45 bits per heavy atom. The SMILES string of the molecule is Cc1cc(O)cc2cn[nH]c12. The van der Waals surface area contributed by atoms with Gasteiger partial charge < -0.3 is 5.11 Å². The predicted molar refractivity (Wildman–Crippen MR) is 42.5 cm³/mol. The standard InChI is InChI=1S/C8H8N2O/c1-5-2-7(11)3-6-4-9-10-8(5)6/h2-4,11H,1H3,(H,9,10). The molecule has 0 amide bonds. The highest BCUT2D eigenvalue weighted by Gasteiger charge is 1.99. The molecule has 3 nitrogen and oxygen atoms in total. The van der Waals surface area contributed by atoms with Crippen LogP contribution in [0.15, 0.2) is 18.3 Å². The third-order valence-electron chi connectivity index (χ3n) is 1.73. The van der Waals surface area contributed by atoms with Gasteiger partial charge in [0.15, 0.2) is 0 Å². The van der Waals surface area contributed by atoms with E-state index in [0.29, 0.717) is 0 Å². The van der Waals surface area contributed by atoms with Crippen LogP contribution >= 0.6 is 0 Å². The van der Waals surface area contributed by atoms with Gasteiger partial charge in [-0.3, -0.25) is 5.10 Å². The van der Waals surface area contributed by atoms with Gasteiger partial charge in [-0.1, -0.05) is 0 Å². The first-order valence-electron chi connectivity index (χ1n) is 3.40. The summed E-state index contributed by atoms with van der Waals surface area (Å²) < 4.78 is 0. The molecule has 0 bridgehead atoms. The molecular weight excluding hydrogens is 140 g/mol. The fourth-order valence-corrected chi connectivity index (χ4v) is 1.22. The van der Waals surface area contributed by atoms with Gasteiger partial charge in [0, 0.05) is 5.39 Å². The van der Waals surface area contributed by atoms with Crippen molar-refractivity contribution in [2.75, 3.05) is 0 Å². The number of fused-ring (bicyclic) bond motifs is 1. The number of nitrogens with one attached hydrogen (secondary N) is 1. The summed E-state index contributed by atoms with van der Waals surface area (Å²) in [5.41, 5.74) is 2.00. The molecule has 2 rings (SSSR count). The molecule has 1 heterocycles. The van der Waals surface area contributed by atoms with Gasteiger partial charge in [-0.15, -0.1) is 0 Å². The molecule has 0 saturated carbocycles. The van der Waals surface area contributed by atoms with Crippen LogP contribution in [-0.4, -0.2) is 15.3 Å². The van der Waals surface area contributed by atoms with E-state index < -0.39 is 0 Å². The number of aromatic amines is 1. The number of benzene rings is 1. The van der Waals surface area contributed by atoms with E-state index in [1.807, 2.05) is 6.92 Å². The number of aromatic nitrogens is 2. The van der Waals surface area contributed by atoms with Crippen molar-refractivity contribution in [3.63, 3.8) is 0 Å². The van der Waals surface area contributed by atoms with Crippen LogP contribution in [0.1, 0.15) is 5.56 Å². The first-order chi connectivity index (χ1) is 5.27. The van der Waals surface area contributed by atoms with Gasteiger partial charge in [0.2, 0.25) is 0 Å². The van der Waals surface area contributed by atoms with E-state index in [1.165, 1.54) is 0 Å². The third-order valence-corrected chi connectivity index (χ3v) is 1.73. The summed E-state index contributed by atoms with van der Waals surface area (Å²) >= 11 is 0. The number of hydrogen-bond acceptors (Lipinski definition) is 2. The monoisotopic (exact) mass is 148 g/mol. The Balaban J connectivity index is 2.91. The van der Waals surface area contributed by atoms with Gasteiger partial charge >= 0.3 is 0 Å². The molecule has 1 aromatic heterocycles. The number of aryl methyl sites for hydroxylation is 1. The Labute approximate surface area is 63.7 Å². The van der Waals surface area contributed by atoms with Crippen LogP contribution in [0.4, 0.5) is 0 Å². The Morgan fingerprint density at radius 3 is 3.09 bits per heavy atom. The Morgan fingerprint density at radius 2 is 2.27 bits per heavy atom. The van der Waals surface area contributed by atoms with Gasteiger partial charge in [-0.05, 0) is 24.6 Å². The molecule has 0 unspecified atom stereocenters. The zero-order valence-electron chi connectivity index (χ0n) is 6.13. The van der Waals surface area contributed by atoms with E-state index in [9.17, 15) is 5.11 Å². The summed E-state index contributed by atoms with van der Waals surface area (Å²) in [6.07, 6.45) is 1.70. The molecule has 2 N–H and O–H groups in total. The maximum absolute atomic E-state index is 9.19. The normalized spacial score (nSPS) is 10.6. The lowest BCUT2D eigenvalue weighted by molar-refractivity contribution is 0.476. The van der Waals surface area contributed by atoms with Crippen molar-refractivity contribution in [2.45, 2.75) is 6.92 Å². The summed E-state index contributed by atoms with van der Waals surface area (Å²) in [6.45, 7) is 1.93. The minimum atomic E-state index is 0.288. The largest absolute Gasteiger partial charge is 0.508 e. The molecule has 0 aliphatic heterocycles. The minimum absolute atomic E-state index is 0.288. The molecule has 11 heavy (non-hydrogen) atoms. The lowest BCUT2D eigenvalue weighted by Gasteiger charge is -1.95. The highest BCUT2D eigenvalue weighted by Crippen LogP contribution is 2.21. The molecule has 0 atom stereocenters. The highest BCUT2D eigenvalue weighted by atomic mass is 16.3. The van der Waals surface area contributed by atoms with Crippen LogP contribution in [0.25, 0.3) is 10.9 Å². The summed E-state index contributed by atoms with van der Waals surface area (Å²) in [5.74, 6) is 0.288. The molecule has 0 spiro atoms. The molecule has 0 fully saturated rings. The van der Waals surface area contributed by atoms with E-state index in [0.717, 1.165) is 16.5 Å². The maximum atomic E-state index is 9.19. The van der Waals surface area contributed by atoms with Gasteiger partial charge in [0.1, 0.15) is 5.75 Å². The van der Waals surface area contributed by atoms with Crippen LogP contribution in [0.5, 0.6) is 5.75 Å². The van der Waals surface area contributed by atoms with Crippen molar-refractivity contribution in [1.29, 1.82) is 0 Å². The molecule has 2 aromatic rings. The molecule has 0 aliphatic carbocycles. The fraction of sp³-hybridized carbons (Fsp3) is 0.125. The number of nitrogens with zero attached hydrogens (tertiary/aromatic N) is 1. The minimum Gasteiger partial charge on any atom is -0.508 e. The maximum Gasteiger partial charge on any atom is 0.116 e. The van der Waals surface area contributed by atoms with Gasteiger partial charge in [0.05, 0.1) is 11.7 Å². The molecule has 3 heteroatoms. The average molecular weight is 148 g/mol. The van der Waals surface area contributed by atoms with E-state index in [1.54, 1.807) is 18.3 Å². The molecule has 1 aromatic carbocycles. The predicted octanol–water partition coefficient (Wildman–Crippen LogP) is 1.58. The zero-order chi connectivity index (χ0) is 7.84. The topological polar surface area (TPSA) is 48.9 Å². The second kappa shape index (κ2) is 1.99. The lowest BCUT2D eigenvalue weighted by atomic mass is 10.1. The van der Waals surface area contributed by atoms with Crippen LogP contribution in [0, 0.1) is 6.92 Å². The second-order valence-corrected chi connectivity index (χ2v) is 2.60. The lowest BCUT2D eigenvalue weighted by Crippen LogP contribution is -1.75. The molecule has 0 saturated heterocycles. The quantitative estimate of drug-likeness (QED) is 0.595. The van der Waals surface area contributed by atoms with E-state index in [2.05, 4.69) is 10.2 Å². The summed E-state index contributed by atoms with van der Waals surface area (Å²) in [6, 6.07) is 3.40. The highest BCUT2D eigenvalue weighted by molar-refractivity contribution is 5.82. The average Bonchev–Trinajstić information content (AvgIpc) is 2.34. The number of aromatic hydroxyl groups is 1. The van der Waals surface area contributed by atoms with Gasteiger partial charge in [0.25, 0.3) is 0 Å². The van der Waals surface area contributed by atoms with Crippen molar-refractivity contribution in [2.24, 2.45) is 0 Å². The number of hydrogen-bond donors (Lipinski definition) is 2. The van der Waals surface area contributed by atoms with E-state index in [4.69, 9.17) is 0 Å². The van der Waals surface area contributed by atoms with Crippen LogP contribution in [0.3, 0.4) is 0 Å². The molecular formula is C8H8N2O. The summed E-state index contributed by atoms with van der Waals surface area (Å²) in [5, 5.41) is 16.9. The van der Waals surface area contributed by atoms with Crippen molar-refractivity contribution in [3.05, 3.63) is 23.9 Å². The fourth-order valence-electron chi connectivity index (χ4n) is 1.22. The molecule has 0 radical (unpaired) electrons. The number of phenolic OH excluding ortho intramolecular Hbond substituents is 1. The van der Waals surface area contributed by atoms with Crippen molar-refractivity contribution >= 4 is 10.9 Å². The van der Waals surface area contributed by atoms with Crippen molar-refractivity contribution < 1.29 is 5.11 Å². The first-order valence-corrected chi connectivity index (χ1v) is 3.40. The molecule has 0 aliphatic rings. The first kappa shape index (κ1) is 6.22. The second-order valence-electron chi connectivity index (χ2n) is 2.60.